The number of rotatable bonds is 3. The monoisotopic (exact) mass is 276 g/mol. The number of nitrogens with zero attached hydrogens (tertiary/aromatic N) is 1. The Balaban J connectivity index is 1.91. The minimum absolute atomic E-state index is 0.0380. The van der Waals surface area contributed by atoms with Gasteiger partial charge in [0.05, 0.1) is 0 Å². The van der Waals surface area contributed by atoms with Crippen molar-refractivity contribution in [1.29, 1.82) is 0 Å². The van der Waals surface area contributed by atoms with Gasteiger partial charge in [-0.3, -0.25) is 9.59 Å². The van der Waals surface area contributed by atoms with Gasteiger partial charge in [0.15, 0.2) is 0 Å². The van der Waals surface area contributed by atoms with Crippen molar-refractivity contribution in [3.8, 4) is 0 Å². The van der Waals surface area contributed by atoms with E-state index in [1.54, 1.807) is 0 Å². The van der Waals surface area contributed by atoms with Crippen molar-refractivity contribution in [1.82, 2.24) is 10.2 Å². The molecule has 2 fully saturated rings. The standard InChI is InChI=1S/C16H24N2O2/c1-3-13-14(19)17-16(2,11-9-10-11)15(20)18(13)12-7-5-4-6-8-12/h4-5,11-13H,3,6-10H2,1-2H3,(H,17,19). The Morgan fingerprint density at radius 3 is 2.60 bits per heavy atom. The van der Waals surface area contributed by atoms with Crippen LogP contribution in [0.2, 0.25) is 0 Å². The summed E-state index contributed by atoms with van der Waals surface area (Å²) >= 11 is 0. The van der Waals surface area contributed by atoms with Gasteiger partial charge in [-0.05, 0) is 51.4 Å². The zero-order valence-electron chi connectivity index (χ0n) is 12.4. The van der Waals surface area contributed by atoms with Crippen molar-refractivity contribution >= 4 is 11.8 Å². The molecule has 1 N–H and O–H groups in total. The Labute approximate surface area is 120 Å². The molecule has 0 spiro atoms. The van der Waals surface area contributed by atoms with Crippen LogP contribution in [0.1, 0.15) is 52.4 Å². The number of hydrogen-bond donors (Lipinski definition) is 1. The molecule has 3 rings (SSSR count). The van der Waals surface area contributed by atoms with Gasteiger partial charge < -0.3 is 10.2 Å². The largest absolute Gasteiger partial charge is 0.340 e. The van der Waals surface area contributed by atoms with Crippen LogP contribution in [0.15, 0.2) is 12.2 Å². The predicted molar refractivity (Wildman–Crippen MR) is 77.0 cm³/mol. The Bertz CT molecular complexity index is 455. The summed E-state index contributed by atoms with van der Waals surface area (Å²) in [5, 5.41) is 3.03. The normalized spacial score (nSPS) is 38.0. The summed E-state index contributed by atoms with van der Waals surface area (Å²) in [6.45, 7) is 3.91. The van der Waals surface area contributed by atoms with E-state index in [0.717, 1.165) is 32.1 Å². The molecule has 0 aromatic carbocycles. The average molecular weight is 276 g/mol. The molecule has 3 aliphatic rings. The summed E-state index contributed by atoms with van der Waals surface area (Å²) < 4.78 is 0. The Hall–Kier alpha value is -1.32. The summed E-state index contributed by atoms with van der Waals surface area (Å²) in [7, 11) is 0. The smallest absolute Gasteiger partial charge is 0.249 e. The topological polar surface area (TPSA) is 49.4 Å². The number of carbonyl (C=O) groups excluding carboxylic acids is 2. The van der Waals surface area contributed by atoms with Crippen LogP contribution in [0, 0.1) is 5.92 Å². The molecule has 0 aromatic rings. The van der Waals surface area contributed by atoms with Gasteiger partial charge >= 0.3 is 0 Å². The fourth-order valence-corrected chi connectivity index (χ4v) is 3.70. The molecule has 4 heteroatoms. The maximum absolute atomic E-state index is 13.0. The van der Waals surface area contributed by atoms with E-state index in [0.29, 0.717) is 12.3 Å². The molecule has 3 atom stereocenters. The molecule has 0 radical (unpaired) electrons. The lowest BCUT2D eigenvalue weighted by atomic mass is 9.86. The molecule has 110 valence electrons. The maximum atomic E-state index is 13.0. The van der Waals surface area contributed by atoms with Gasteiger partial charge in [-0.2, -0.15) is 0 Å². The van der Waals surface area contributed by atoms with E-state index in [1.807, 2.05) is 18.7 Å². The predicted octanol–water partition coefficient (Wildman–Crippen LogP) is 2.00. The number of carbonyl (C=O) groups is 2. The van der Waals surface area contributed by atoms with Gasteiger partial charge in [0.2, 0.25) is 11.8 Å². The van der Waals surface area contributed by atoms with Gasteiger partial charge in [0.25, 0.3) is 0 Å². The minimum atomic E-state index is -0.663. The maximum Gasteiger partial charge on any atom is 0.249 e. The fraction of sp³-hybridized carbons (Fsp3) is 0.750. The molecule has 1 heterocycles. The summed E-state index contributed by atoms with van der Waals surface area (Å²) in [4.78, 5) is 27.4. The molecule has 0 aromatic heterocycles. The van der Waals surface area contributed by atoms with E-state index in [9.17, 15) is 9.59 Å². The van der Waals surface area contributed by atoms with E-state index < -0.39 is 5.54 Å². The lowest BCUT2D eigenvalue weighted by molar-refractivity contribution is -0.158. The van der Waals surface area contributed by atoms with Crippen molar-refractivity contribution < 1.29 is 9.59 Å². The van der Waals surface area contributed by atoms with Crippen LogP contribution in [0.5, 0.6) is 0 Å². The molecular formula is C16H24N2O2. The van der Waals surface area contributed by atoms with Gasteiger partial charge in [-0.15, -0.1) is 0 Å². The minimum Gasteiger partial charge on any atom is -0.340 e. The van der Waals surface area contributed by atoms with E-state index >= 15 is 0 Å². The molecular weight excluding hydrogens is 252 g/mol. The molecule has 4 nitrogen and oxygen atoms in total. The first-order valence-electron chi connectivity index (χ1n) is 7.87. The summed E-state index contributed by atoms with van der Waals surface area (Å²) in [6, 6.07) is -0.0904. The molecule has 2 amide bonds. The lowest BCUT2D eigenvalue weighted by Gasteiger charge is -2.48. The third-order valence-electron chi connectivity index (χ3n) is 5.12. The Morgan fingerprint density at radius 1 is 1.30 bits per heavy atom. The SMILES string of the molecule is CCC1C(=O)NC(C)(C2CC2)C(=O)N1C1CC=CCC1. The third-order valence-corrected chi connectivity index (χ3v) is 5.12. The molecule has 2 aliphatic carbocycles. The average Bonchev–Trinajstić information content (AvgIpc) is 3.28. The number of allylic oxidation sites excluding steroid dienone is 1. The van der Waals surface area contributed by atoms with Crippen molar-refractivity contribution in [3.05, 3.63) is 12.2 Å². The van der Waals surface area contributed by atoms with Crippen LogP contribution >= 0.6 is 0 Å². The highest BCUT2D eigenvalue weighted by Crippen LogP contribution is 2.43. The van der Waals surface area contributed by atoms with E-state index in [1.165, 1.54) is 0 Å². The van der Waals surface area contributed by atoms with E-state index in [4.69, 9.17) is 0 Å². The van der Waals surface area contributed by atoms with Crippen molar-refractivity contribution in [3.63, 3.8) is 0 Å². The van der Waals surface area contributed by atoms with Crippen molar-refractivity contribution in [2.45, 2.75) is 70.0 Å². The zero-order chi connectivity index (χ0) is 14.3. The molecule has 20 heavy (non-hydrogen) atoms. The lowest BCUT2D eigenvalue weighted by Crippen LogP contribution is -2.71. The quantitative estimate of drug-likeness (QED) is 0.802. The summed E-state index contributed by atoms with van der Waals surface area (Å²) in [5.41, 5.74) is -0.663. The zero-order valence-corrected chi connectivity index (χ0v) is 12.4. The first kappa shape index (κ1) is 13.7. The van der Waals surface area contributed by atoms with Crippen LogP contribution < -0.4 is 5.32 Å². The van der Waals surface area contributed by atoms with Crippen LogP contribution in [-0.2, 0) is 9.59 Å². The molecule has 1 saturated carbocycles. The highest BCUT2D eigenvalue weighted by molar-refractivity contribution is 6.00. The Morgan fingerprint density at radius 2 is 2.05 bits per heavy atom. The fourth-order valence-electron chi connectivity index (χ4n) is 3.70. The van der Waals surface area contributed by atoms with Gasteiger partial charge in [-0.1, -0.05) is 19.1 Å². The second-order valence-corrected chi connectivity index (χ2v) is 6.54. The van der Waals surface area contributed by atoms with Gasteiger partial charge in [0, 0.05) is 6.04 Å². The van der Waals surface area contributed by atoms with Gasteiger partial charge in [0.1, 0.15) is 11.6 Å². The van der Waals surface area contributed by atoms with E-state index in [2.05, 4.69) is 17.5 Å². The van der Waals surface area contributed by atoms with Crippen molar-refractivity contribution in [2.75, 3.05) is 0 Å². The highest BCUT2D eigenvalue weighted by atomic mass is 16.2. The molecule has 3 unspecified atom stereocenters. The van der Waals surface area contributed by atoms with E-state index in [-0.39, 0.29) is 23.9 Å². The summed E-state index contributed by atoms with van der Waals surface area (Å²) in [6.07, 6.45) is 9.99. The number of amides is 2. The Kier molecular flexibility index (Phi) is 3.35. The molecule has 1 saturated heterocycles. The third kappa shape index (κ3) is 2.05. The first-order valence-corrected chi connectivity index (χ1v) is 7.87. The van der Waals surface area contributed by atoms with Crippen molar-refractivity contribution in [2.24, 2.45) is 5.92 Å². The summed E-state index contributed by atoms with van der Waals surface area (Å²) in [5.74, 6) is 0.515. The van der Waals surface area contributed by atoms with Crippen LogP contribution in [-0.4, -0.2) is 34.3 Å². The molecule has 0 bridgehead atoms. The van der Waals surface area contributed by atoms with Crippen LogP contribution in [0.4, 0.5) is 0 Å². The number of hydrogen-bond acceptors (Lipinski definition) is 2. The number of nitrogens with one attached hydrogen (secondary N) is 1. The second-order valence-electron chi connectivity index (χ2n) is 6.54. The highest BCUT2D eigenvalue weighted by Gasteiger charge is 2.56. The second kappa shape index (κ2) is 4.90. The molecule has 1 aliphatic heterocycles. The van der Waals surface area contributed by atoms with Crippen LogP contribution in [0.25, 0.3) is 0 Å². The first-order chi connectivity index (χ1) is 9.58. The van der Waals surface area contributed by atoms with Crippen LogP contribution in [0.3, 0.4) is 0 Å². The number of piperazine rings is 1. The van der Waals surface area contributed by atoms with Gasteiger partial charge in [-0.25, -0.2) is 0 Å².